The van der Waals surface area contributed by atoms with E-state index in [0.717, 1.165) is 0 Å². The van der Waals surface area contributed by atoms with Crippen LogP contribution in [0.5, 0.6) is 11.5 Å². The Morgan fingerprint density at radius 2 is 1.61 bits per heavy atom. The molecule has 2 aromatic carbocycles. The van der Waals surface area contributed by atoms with Crippen molar-refractivity contribution in [2.24, 2.45) is 0 Å². The molecule has 0 radical (unpaired) electrons. The van der Waals surface area contributed by atoms with E-state index in [0.29, 0.717) is 22.6 Å². The topological polar surface area (TPSA) is 88.4 Å². The van der Waals surface area contributed by atoms with E-state index in [9.17, 15) is 8.42 Å². The number of sulfonamides is 1. The summed E-state index contributed by atoms with van der Waals surface area (Å²) < 4.78 is 37.6. The highest BCUT2D eigenvalue weighted by molar-refractivity contribution is 7.89. The number of methoxy groups -OCH3 is 2. The minimum Gasteiger partial charge on any atom is -0.496 e. The lowest BCUT2D eigenvalue weighted by Gasteiger charge is -2.14. The van der Waals surface area contributed by atoms with E-state index in [-0.39, 0.29) is 11.4 Å². The van der Waals surface area contributed by atoms with Crippen LogP contribution < -0.4 is 14.2 Å². The lowest BCUT2D eigenvalue weighted by molar-refractivity contribution is 0.384. The van der Waals surface area contributed by atoms with Gasteiger partial charge in [-0.25, -0.2) is 13.1 Å². The lowest BCUT2D eigenvalue weighted by atomic mass is 10.2. The van der Waals surface area contributed by atoms with Crippen molar-refractivity contribution in [1.29, 1.82) is 5.26 Å². The molecule has 0 amide bonds. The van der Waals surface area contributed by atoms with Gasteiger partial charge in [-0.15, -0.1) is 0 Å². The van der Waals surface area contributed by atoms with Crippen LogP contribution in [-0.4, -0.2) is 22.6 Å². The summed E-state index contributed by atoms with van der Waals surface area (Å²) in [6.45, 7) is 0.0233. The Morgan fingerprint density at radius 1 is 1.04 bits per heavy atom. The van der Waals surface area contributed by atoms with E-state index in [1.165, 1.54) is 38.5 Å². The Hall–Kier alpha value is -2.56. The van der Waals surface area contributed by atoms with Crippen LogP contribution in [0.15, 0.2) is 47.4 Å². The SMILES string of the molecule is COc1cccc(OC)c1CNS(=O)(=O)c1ccc(C#N)cc1. The Morgan fingerprint density at radius 3 is 2.09 bits per heavy atom. The van der Waals surface area contributed by atoms with Crippen LogP contribution >= 0.6 is 0 Å². The maximum Gasteiger partial charge on any atom is 0.240 e. The molecule has 0 fully saturated rings. The first kappa shape index (κ1) is 16.8. The average molecular weight is 332 g/mol. The summed E-state index contributed by atoms with van der Waals surface area (Å²) in [5, 5.41) is 8.76. The summed E-state index contributed by atoms with van der Waals surface area (Å²) in [5.74, 6) is 1.07. The van der Waals surface area contributed by atoms with Gasteiger partial charge in [-0.05, 0) is 36.4 Å². The number of nitriles is 1. The van der Waals surface area contributed by atoms with Crippen LogP contribution in [0.25, 0.3) is 0 Å². The van der Waals surface area contributed by atoms with Gasteiger partial charge in [0, 0.05) is 6.54 Å². The third kappa shape index (κ3) is 3.80. The van der Waals surface area contributed by atoms with Gasteiger partial charge in [-0.3, -0.25) is 0 Å². The van der Waals surface area contributed by atoms with Gasteiger partial charge < -0.3 is 9.47 Å². The van der Waals surface area contributed by atoms with Crippen LogP contribution in [0.2, 0.25) is 0 Å². The Balaban J connectivity index is 2.24. The summed E-state index contributed by atoms with van der Waals surface area (Å²) in [5.41, 5.74) is 1.00. The molecule has 0 aliphatic rings. The van der Waals surface area contributed by atoms with Gasteiger partial charge in [0.1, 0.15) is 11.5 Å². The van der Waals surface area contributed by atoms with Crippen molar-refractivity contribution in [3.8, 4) is 17.6 Å². The van der Waals surface area contributed by atoms with Gasteiger partial charge >= 0.3 is 0 Å². The van der Waals surface area contributed by atoms with E-state index in [1.54, 1.807) is 18.2 Å². The van der Waals surface area contributed by atoms with Crippen LogP contribution in [0.3, 0.4) is 0 Å². The third-order valence-corrected chi connectivity index (χ3v) is 4.68. The number of nitrogens with one attached hydrogen (secondary N) is 1. The molecule has 0 bridgehead atoms. The van der Waals surface area contributed by atoms with Crippen molar-refractivity contribution < 1.29 is 17.9 Å². The second-order valence-corrected chi connectivity index (χ2v) is 6.37. The Kier molecular flexibility index (Phi) is 5.21. The minimum absolute atomic E-state index is 0.0233. The molecule has 120 valence electrons. The normalized spacial score (nSPS) is 10.8. The molecule has 0 unspecified atom stereocenters. The maximum absolute atomic E-state index is 12.3. The third-order valence-electron chi connectivity index (χ3n) is 3.26. The summed E-state index contributed by atoms with van der Waals surface area (Å²) in [4.78, 5) is 0.0883. The van der Waals surface area contributed by atoms with Gasteiger partial charge in [0.25, 0.3) is 0 Å². The first-order valence-electron chi connectivity index (χ1n) is 6.71. The van der Waals surface area contributed by atoms with Crippen LogP contribution in [0, 0.1) is 11.3 Å². The minimum atomic E-state index is -3.70. The second kappa shape index (κ2) is 7.13. The van der Waals surface area contributed by atoms with Gasteiger partial charge in [-0.1, -0.05) is 6.07 Å². The highest BCUT2D eigenvalue weighted by Gasteiger charge is 2.17. The number of ether oxygens (including phenoxy) is 2. The van der Waals surface area contributed by atoms with Crippen LogP contribution in [-0.2, 0) is 16.6 Å². The number of hydrogen-bond acceptors (Lipinski definition) is 5. The summed E-state index contributed by atoms with van der Waals surface area (Å²) >= 11 is 0. The van der Waals surface area contributed by atoms with Crippen molar-refractivity contribution in [3.05, 3.63) is 53.6 Å². The van der Waals surface area contributed by atoms with Gasteiger partial charge in [-0.2, -0.15) is 5.26 Å². The predicted octanol–water partition coefficient (Wildman–Crippen LogP) is 2.05. The van der Waals surface area contributed by atoms with Crippen LogP contribution in [0.4, 0.5) is 0 Å². The molecule has 2 rings (SSSR count). The van der Waals surface area contributed by atoms with E-state index in [2.05, 4.69) is 4.72 Å². The first-order chi connectivity index (χ1) is 11.0. The molecule has 2 aromatic rings. The van der Waals surface area contributed by atoms with Crippen molar-refractivity contribution in [1.82, 2.24) is 4.72 Å². The molecule has 0 aromatic heterocycles. The molecule has 0 aliphatic heterocycles. The molecular formula is C16H16N2O4S. The van der Waals surface area contributed by atoms with E-state index in [1.807, 2.05) is 6.07 Å². The lowest BCUT2D eigenvalue weighted by Crippen LogP contribution is -2.23. The van der Waals surface area contributed by atoms with Crippen molar-refractivity contribution in [2.75, 3.05) is 14.2 Å². The van der Waals surface area contributed by atoms with Gasteiger partial charge in [0.05, 0.1) is 36.3 Å². The molecule has 0 atom stereocenters. The second-order valence-electron chi connectivity index (χ2n) is 4.60. The standard InChI is InChI=1S/C16H16N2O4S/c1-21-15-4-3-5-16(22-2)14(15)11-18-23(19,20)13-8-6-12(10-17)7-9-13/h3-9,18H,11H2,1-2H3. The maximum atomic E-state index is 12.3. The van der Waals surface area contributed by atoms with E-state index >= 15 is 0 Å². The smallest absolute Gasteiger partial charge is 0.240 e. The fraction of sp³-hybridized carbons (Fsp3) is 0.188. The zero-order chi connectivity index (χ0) is 16.9. The van der Waals surface area contributed by atoms with Crippen molar-refractivity contribution >= 4 is 10.0 Å². The monoisotopic (exact) mass is 332 g/mol. The molecular weight excluding hydrogens is 316 g/mol. The van der Waals surface area contributed by atoms with Gasteiger partial charge in [0.15, 0.2) is 0 Å². The molecule has 23 heavy (non-hydrogen) atoms. The predicted molar refractivity (Wildman–Crippen MR) is 84.7 cm³/mol. The number of benzene rings is 2. The Labute approximate surface area is 135 Å². The zero-order valence-corrected chi connectivity index (χ0v) is 13.6. The zero-order valence-electron chi connectivity index (χ0n) is 12.7. The average Bonchev–Trinajstić information content (AvgIpc) is 2.59. The molecule has 7 heteroatoms. The number of nitrogens with zero attached hydrogens (tertiary/aromatic N) is 1. The quantitative estimate of drug-likeness (QED) is 0.874. The van der Waals surface area contributed by atoms with Crippen molar-refractivity contribution in [2.45, 2.75) is 11.4 Å². The molecule has 0 saturated carbocycles. The molecule has 6 nitrogen and oxygen atoms in total. The fourth-order valence-corrected chi connectivity index (χ4v) is 3.06. The Bertz CT molecular complexity index is 802. The molecule has 0 spiro atoms. The van der Waals surface area contributed by atoms with Gasteiger partial charge in [0.2, 0.25) is 10.0 Å². The van der Waals surface area contributed by atoms with Crippen molar-refractivity contribution in [3.63, 3.8) is 0 Å². The first-order valence-corrected chi connectivity index (χ1v) is 8.20. The van der Waals surface area contributed by atoms with Crippen LogP contribution in [0.1, 0.15) is 11.1 Å². The largest absolute Gasteiger partial charge is 0.496 e. The fourth-order valence-electron chi connectivity index (χ4n) is 2.06. The molecule has 0 aliphatic carbocycles. The highest BCUT2D eigenvalue weighted by Crippen LogP contribution is 2.28. The number of rotatable bonds is 6. The highest BCUT2D eigenvalue weighted by atomic mass is 32.2. The number of hydrogen-bond donors (Lipinski definition) is 1. The summed E-state index contributed by atoms with van der Waals surface area (Å²) in [6.07, 6.45) is 0. The molecule has 0 saturated heterocycles. The van der Waals surface area contributed by atoms with E-state index < -0.39 is 10.0 Å². The molecule has 1 N–H and O–H groups in total. The van der Waals surface area contributed by atoms with E-state index in [4.69, 9.17) is 14.7 Å². The summed E-state index contributed by atoms with van der Waals surface area (Å²) in [7, 11) is -0.689. The summed E-state index contributed by atoms with van der Waals surface area (Å²) in [6, 6.07) is 12.9. The molecule has 0 heterocycles.